The second kappa shape index (κ2) is 5.62. The van der Waals surface area contributed by atoms with Crippen LogP contribution in [0.15, 0.2) is 35.2 Å². The Kier molecular flexibility index (Phi) is 3.61. The molecule has 0 radical (unpaired) electrons. The SMILES string of the molecule is O=C(NCCC1CCc2c(S)ccc3cccc1c23)C1CC1. The molecular weight excluding hydrogens is 290 g/mol. The van der Waals surface area contributed by atoms with E-state index in [-0.39, 0.29) is 5.91 Å². The van der Waals surface area contributed by atoms with Crippen molar-refractivity contribution in [1.29, 1.82) is 0 Å². The Morgan fingerprint density at radius 2 is 2.05 bits per heavy atom. The lowest BCUT2D eigenvalue weighted by molar-refractivity contribution is -0.122. The highest BCUT2D eigenvalue weighted by molar-refractivity contribution is 7.80. The number of hydrogen-bond acceptors (Lipinski definition) is 2. The summed E-state index contributed by atoms with van der Waals surface area (Å²) in [6.45, 7) is 0.798. The highest BCUT2D eigenvalue weighted by Gasteiger charge is 2.29. The lowest BCUT2D eigenvalue weighted by Gasteiger charge is -2.27. The lowest BCUT2D eigenvalue weighted by Crippen LogP contribution is -2.27. The highest BCUT2D eigenvalue weighted by atomic mass is 32.1. The van der Waals surface area contributed by atoms with Crippen LogP contribution in [0.25, 0.3) is 10.8 Å². The molecule has 3 heteroatoms. The van der Waals surface area contributed by atoms with E-state index in [0.29, 0.717) is 11.8 Å². The van der Waals surface area contributed by atoms with Crippen LogP contribution < -0.4 is 5.32 Å². The van der Waals surface area contributed by atoms with Crippen LogP contribution in [0.4, 0.5) is 0 Å². The summed E-state index contributed by atoms with van der Waals surface area (Å²) in [6.07, 6.45) is 5.44. The molecule has 2 aliphatic rings. The van der Waals surface area contributed by atoms with Crippen molar-refractivity contribution in [2.75, 3.05) is 6.54 Å². The van der Waals surface area contributed by atoms with Gasteiger partial charge in [0.2, 0.25) is 5.91 Å². The van der Waals surface area contributed by atoms with Gasteiger partial charge in [0, 0.05) is 17.4 Å². The van der Waals surface area contributed by atoms with Gasteiger partial charge in [-0.05, 0) is 66.0 Å². The van der Waals surface area contributed by atoms with Crippen molar-refractivity contribution in [2.45, 2.75) is 42.9 Å². The van der Waals surface area contributed by atoms with Crippen molar-refractivity contribution in [1.82, 2.24) is 5.32 Å². The van der Waals surface area contributed by atoms with Gasteiger partial charge in [-0.25, -0.2) is 0 Å². The van der Waals surface area contributed by atoms with E-state index in [1.807, 2.05) is 0 Å². The number of carbonyl (C=O) groups excluding carboxylic acids is 1. The molecule has 0 aromatic heterocycles. The first kappa shape index (κ1) is 14.1. The molecule has 1 unspecified atom stereocenters. The maximum absolute atomic E-state index is 11.8. The van der Waals surface area contributed by atoms with Crippen molar-refractivity contribution in [3.05, 3.63) is 41.5 Å². The van der Waals surface area contributed by atoms with E-state index in [1.54, 1.807) is 0 Å². The van der Waals surface area contributed by atoms with Gasteiger partial charge in [0.15, 0.2) is 0 Å². The number of amides is 1. The summed E-state index contributed by atoms with van der Waals surface area (Å²) in [7, 11) is 0. The molecule has 2 aromatic carbocycles. The molecule has 1 N–H and O–H groups in total. The third-order valence-electron chi connectivity index (χ3n) is 5.08. The number of thiol groups is 1. The maximum atomic E-state index is 11.8. The van der Waals surface area contributed by atoms with Gasteiger partial charge in [0.05, 0.1) is 0 Å². The van der Waals surface area contributed by atoms with E-state index in [0.717, 1.165) is 43.5 Å². The van der Waals surface area contributed by atoms with Crippen LogP contribution in [0.1, 0.15) is 42.7 Å². The van der Waals surface area contributed by atoms with Crippen LogP contribution in [-0.4, -0.2) is 12.5 Å². The number of nitrogens with one attached hydrogen (secondary N) is 1. The molecule has 114 valence electrons. The maximum Gasteiger partial charge on any atom is 0.223 e. The summed E-state index contributed by atoms with van der Waals surface area (Å²) < 4.78 is 0. The second-order valence-corrected chi connectivity index (χ2v) is 7.08. The first-order chi connectivity index (χ1) is 10.7. The fourth-order valence-electron chi connectivity index (χ4n) is 3.70. The minimum absolute atomic E-state index is 0.257. The number of aryl methyl sites for hydroxylation is 1. The average Bonchev–Trinajstić information content (AvgIpc) is 3.37. The van der Waals surface area contributed by atoms with Gasteiger partial charge in [0.1, 0.15) is 0 Å². The van der Waals surface area contributed by atoms with E-state index in [9.17, 15) is 4.79 Å². The number of carbonyl (C=O) groups is 1. The molecule has 0 aliphatic heterocycles. The molecular formula is C19H21NOS. The predicted molar refractivity (Wildman–Crippen MR) is 92.6 cm³/mol. The largest absolute Gasteiger partial charge is 0.356 e. The summed E-state index contributed by atoms with van der Waals surface area (Å²) in [5.74, 6) is 1.11. The Bertz CT molecular complexity index is 736. The monoisotopic (exact) mass is 311 g/mol. The molecule has 0 saturated heterocycles. The Morgan fingerprint density at radius 1 is 1.18 bits per heavy atom. The quantitative estimate of drug-likeness (QED) is 0.819. The van der Waals surface area contributed by atoms with Gasteiger partial charge in [0.25, 0.3) is 0 Å². The van der Waals surface area contributed by atoms with Gasteiger partial charge >= 0.3 is 0 Å². The third kappa shape index (κ3) is 2.52. The fraction of sp³-hybridized carbons (Fsp3) is 0.421. The summed E-state index contributed by atoms with van der Waals surface area (Å²) in [4.78, 5) is 12.9. The smallest absolute Gasteiger partial charge is 0.223 e. The van der Waals surface area contributed by atoms with Gasteiger partial charge < -0.3 is 5.32 Å². The summed E-state index contributed by atoms with van der Waals surface area (Å²) in [6, 6.07) is 10.9. The molecule has 1 fully saturated rings. The first-order valence-corrected chi connectivity index (χ1v) is 8.70. The second-order valence-electron chi connectivity index (χ2n) is 6.60. The Labute approximate surface area is 136 Å². The zero-order chi connectivity index (χ0) is 15.1. The molecule has 1 atom stereocenters. The van der Waals surface area contributed by atoms with E-state index in [4.69, 9.17) is 0 Å². The average molecular weight is 311 g/mol. The van der Waals surface area contributed by atoms with E-state index in [1.165, 1.54) is 21.9 Å². The molecule has 2 aromatic rings. The molecule has 22 heavy (non-hydrogen) atoms. The topological polar surface area (TPSA) is 29.1 Å². The number of hydrogen-bond donors (Lipinski definition) is 2. The summed E-state index contributed by atoms with van der Waals surface area (Å²) in [5.41, 5.74) is 2.84. The summed E-state index contributed by atoms with van der Waals surface area (Å²) in [5, 5.41) is 5.82. The van der Waals surface area contributed by atoms with Gasteiger partial charge in [-0.15, -0.1) is 12.6 Å². The lowest BCUT2D eigenvalue weighted by atomic mass is 9.80. The van der Waals surface area contributed by atoms with Crippen molar-refractivity contribution in [2.24, 2.45) is 5.92 Å². The molecule has 4 rings (SSSR count). The fourth-order valence-corrected chi connectivity index (χ4v) is 4.00. The van der Waals surface area contributed by atoms with E-state index < -0.39 is 0 Å². The summed E-state index contributed by atoms with van der Waals surface area (Å²) >= 11 is 4.63. The third-order valence-corrected chi connectivity index (χ3v) is 5.50. The molecule has 1 amide bonds. The number of benzene rings is 2. The normalized spacial score (nSPS) is 20.1. The van der Waals surface area contributed by atoms with Crippen LogP contribution in [0.3, 0.4) is 0 Å². The molecule has 2 nitrogen and oxygen atoms in total. The zero-order valence-electron chi connectivity index (χ0n) is 12.6. The van der Waals surface area contributed by atoms with Crippen molar-refractivity contribution < 1.29 is 4.79 Å². The van der Waals surface area contributed by atoms with Crippen molar-refractivity contribution in [3.63, 3.8) is 0 Å². The van der Waals surface area contributed by atoms with Crippen LogP contribution in [-0.2, 0) is 11.2 Å². The molecule has 0 spiro atoms. The molecule has 0 bridgehead atoms. The Hall–Kier alpha value is -1.48. The van der Waals surface area contributed by atoms with E-state index >= 15 is 0 Å². The van der Waals surface area contributed by atoms with Crippen molar-refractivity contribution in [3.8, 4) is 0 Å². The molecule has 2 aliphatic carbocycles. The van der Waals surface area contributed by atoms with Gasteiger partial charge in [-0.1, -0.05) is 24.3 Å². The first-order valence-electron chi connectivity index (χ1n) is 8.25. The van der Waals surface area contributed by atoms with E-state index in [2.05, 4.69) is 48.3 Å². The van der Waals surface area contributed by atoms with Crippen LogP contribution in [0, 0.1) is 5.92 Å². The van der Waals surface area contributed by atoms with Gasteiger partial charge in [-0.2, -0.15) is 0 Å². The predicted octanol–water partition coefficient (Wildman–Crippen LogP) is 4.07. The Balaban J connectivity index is 1.56. The zero-order valence-corrected chi connectivity index (χ0v) is 13.5. The van der Waals surface area contributed by atoms with Crippen LogP contribution in [0.2, 0.25) is 0 Å². The number of rotatable bonds is 4. The molecule has 0 heterocycles. The minimum Gasteiger partial charge on any atom is -0.356 e. The van der Waals surface area contributed by atoms with Crippen LogP contribution >= 0.6 is 12.6 Å². The standard InChI is InChI=1S/C19H21NOS/c21-19(14-4-5-14)20-11-10-12-6-8-16-17(22)9-7-13-2-1-3-15(12)18(13)16/h1-3,7,9,12,14,22H,4-6,8,10-11H2,(H,20,21). The molecule has 1 saturated carbocycles. The minimum atomic E-state index is 0.257. The Morgan fingerprint density at radius 3 is 2.86 bits per heavy atom. The van der Waals surface area contributed by atoms with Crippen molar-refractivity contribution >= 4 is 29.3 Å². The highest BCUT2D eigenvalue weighted by Crippen LogP contribution is 2.40. The van der Waals surface area contributed by atoms with Crippen LogP contribution in [0.5, 0.6) is 0 Å². The van der Waals surface area contributed by atoms with Gasteiger partial charge in [-0.3, -0.25) is 4.79 Å².